The molecule has 0 heterocycles. The molecule has 4 aliphatic carbocycles. The maximum absolute atomic E-state index is 13.8. The third-order valence-electron chi connectivity index (χ3n) is 12.8. The summed E-state index contributed by atoms with van der Waals surface area (Å²) < 4.78 is 0. The molecule has 0 aromatic heterocycles. The minimum Gasteiger partial charge on any atom is -0.330 e. The van der Waals surface area contributed by atoms with Crippen LogP contribution < -0.4 is 11.5 Å². The van der Waals surface area contributed by atoms with E-state index in [1.165, 1.54) is 154 Å². The fraction of sp³-hybridized carbons (Fsp3) is 0.974. The Hall–Kier alpha value is -0.450. The van der Waals surface area contributed by atoms with Crippen LogP contribution in [0.2, 0.25) is 0 Å². The Morgan fingerprint density at radius 1 is 0.628 bits per heavy atom. The molecular weight excluding hydrogens is 526 g/mol. The number of Topliss-reactive ketones (excluding diaryl/α,β-unsaturated/α-hetero) is 1. The van der Waals surface area contributed by atoms with Gasteiger partial charge in [0.1, 0.15) is 5.78 Å². The van der Waals surface area contributed by atoms with Gasteiger partial charge >= 0.3 is 0 Å². The Balaban J connectivity index is 1.50. The van der Waals surface area contributed by atoms with Crippen molar-refractivity contribution >= 4 is 5.78 Å². The SMILES string of the molecule is NCCCN(C(CN)C(CCC1CCCCC1)CCC1CCCCC1)C(CC(=O)CCC1CCCCC1)C1CCCCC1. The van der Waals surface area contributed by atoms with Crippen molar-refractivity contribution < 1.29 is 4.79 Å². The highest BCUT2D eigenvalue weighted by molar-refractivity contribution is 5.79. The molecule has 43 heavy (non-hydrogen) atoms. The van der Waals surface area contributed by atoms with E-state index in [0.717, 1.165) is 63.1 Å². The third-order valence-corrected chi connectivity index (χ3v) is 12.8. The van der Waals surface area contributed by atoms with E-state index >= 15 is 0 Å². The molecule has 4 nitrogen and oxygen atoms in total. The lowest BCUT2D eigenvalue weighted by atomic mass is 9.76. The van der Waals surface area contributed by atoms with Crippen molar-refractivity contribution in [2.75, 3.05) is 19.6 Å². The molecule has 4 saturated carbocycles. The summed E-state index contributed by atoms with van der Waals surface area (Å²) in [5.41, 5.74) is 13.1. The molecule has 4 rings (SSSR count). The standard InChI is InChI=1S/C39H73N3O/c40-28-13-29-42(38(35-20-11-4-12-21-35)30-37(43)27-24-34-18-9-3-10-19-34)39(31-41)36(25-22-32-14-5-1-6-15-32)26-23-33-16-7-2-8-17-33/h32-36,38-39H,1-31,40-41H2. The van der Waals surface area contributed by atoms with Gasteiger partial charge in [-0.15, -0.1) is 0 Å². The summed E-state index contributed by atoms with van der Waals surface area (Å²) in [6, 6.07) is 0.767. The van der Waals surface area contributed by atoms with Crippen LogP contribution in [0.25, 0.3) is 0 Å². The predicted molar refractivity (Wildman–Crippen MR) is 184 cm³/mol. The van der Waals surface area contributed by atoms with Gasteiger partial charge in [0, 0.05) is 38.0 Å². The average Bonchev–Trinajstić information content (AvgIpc) is 3.07. The molecule has 250 valence electrons. The maximum atomic E-state index is 13.8. The lowest BCUT2D eigenvalue weighted by Gasteiger charge is -2.46. The minimum absolute atomic E-state index is 0.367. The van der Waals surface area contributed by atoms with Gasteiger partial charge in [0.25, 0.3) is 0 Å². The topological polar surface area (TPSA) is 72.3 Å². The summed E-state index contributed by atoms with van der Waals surface area (Å²) >= 11 is 0. The molecule has 0 saturated heterocycles. The fourth-order valence-corrected chi connectivity index (χ4v) is 10.1. The quantitative estimate of drug-likeness (QED) is 0.155. The molecule has 0 amide bonds. The molecule has 0 aromatic carbocycles. The van der Waals surface area contributed by atoms with Crippen LogP contribution in [0, 0.1) is 29.6 Å². The second kappa shape index (κ2) is 20.6. The first-order valence-corrected chi connectivity index (χ1v) is 19.9. The van der Waals surface area contributed by atoms with Crippen LogP contribution in [-0.4, -0.2) is 42.4 Å². The fourth-order valence-electron chi connectivity index (χ4n) is 10.1. The van der Waals surface area contributed by atoms with E-state index in [-0.39, 0.29) is 0 Å². The third kappa shape index (κ3) is 12.3. The van der Waals surface area contributed by atoms with Gasteiger partial charge in [-0.25, -0.2) is 0 Å². The molecule has 0 radical (unpaired) electrons. The van der Waals surface area contributed by atoms with Crippen LogP contribution in [0.3, 0.4) is 0 Å². The summed E-state index contributed by atoms with van der Waals surface area (Å²) in [6.07, 6.45) is 37.1. The van der Waals surface area contributed by atoms with Crippen molar-refractivity contribution in [3.63, 3.8) is 0 Å². The summed E-state index contributed by atoms with van der Waals surface area (Å²) in [5, 5.41) is 0. The highest BCUT2D eigenvalue weighted by Crippen LogP contribution is 2.38. The lowest BCUT2D eigenvalue weighted by Crippen LogP contribution is -2.54. The van der Waals surface area contributed by atoms with E-state index in [4.69, 9.17) is 11.5 Å². The summed E-state index contributed by atoms with van der Waals surface area (Å²) in [7, 11) is 0. The Morgan fingerprint density at radius 2 is 1.09 bits per heavy atom. The van der Waals surface area contributed by atoms with E-state index in [9.17, 15) is 4.79 Å². The summed E-state index contributed by atoms with van der Waals surface area (Å²) in [5.74, 6) is 4.50. The van der Waals surface area contributed by atoms with Crippen LogP contribution in [-0.2, 0) is 4.79 Å². The Labute approximate surface area is 267 Å². The van der Waals surface area contributed by atoms with Gasteiger partial charge in [0.2, 0.25) is 0 Å². The number of hydrogen-bond donors (Lipinski definition) is 2. The van der Waals surface area contributed by atoms with Crippen LogP contribution in [0.5, 0.6) is 0 Å². The van der Waals surface area contributed by atoms with Gasteiger partial charge in [0.15, 0.2) is 0 Å². The van der Waals surface area contributed by atoms with Crippen molar-refractivity contribution in [3.05, 3.63) is 0 Å². The highest BCUT2D eigenvalue weighted by Gasteiger charge is 2.37. The van der Waals surface area contributed by atoms with Crippen LogP contribution in [0.1, 0.15) is 180 Å². The summed E-state index contributed by atoms with van der Waals surface area (Å²) in [4.78, 5) is 16.6. The van der Waals surface area contributed by atoms with Crippen molar-refractivity contribution in [1.29, 1.82) is 0 Å². The number of hydrogen-bond acceptors (Lipinski definition) is 4. The first-order valence-electron chi connectivity index (χ1n) is 19.9. The second-order valence-corrected chi connectivity index (χ2v) is 15.9. The monoisotopic (exact) mass is 600 g/mol. The zero-order valence-electron chi connectivity index (χ0n) is 28.5. The molecule has 4 fully saturated rings. The number of rotatable bonds is 19. The predicted octanol–water partition coefficient (Wildman–Crippen LogP) is 9.57. The molecule has 0 aliphatic heterocycles. The number of carbonyl (C=O) groups excluding carboxylic acids is 1. The van der Waals surface area contributed by atoms with Crippen molar-refractivity contribution in [2.24, 2.45) is 41.1 Å². The van der Waals surface area contributed by atoms with Gasteiger partial charge in [0.05, 0.1) is 0 Å². The first kappa shape index (κ1) is 35.4. The van der Waals surface area contributed by atoms with E-state index in [2.05, 4.69) is 4.90 Å². The molecular formula is C39H73N3O. The molecule has 4 heteroatoms. The molecule has 0 aromatic rings. The Kier molecular flexibility index (Phi) is 17.0. The van der Waals surface area contributed by atoms with E-state index in [0.29, 0.717) is 29.7 Å². The zero-order valence-corrected chi connectivity index (χ0v) is 28.5. The molecule has 0 bridgehead atoms. The normalized spacial score (nSPS) is 23.6. The van der Waals surface area contributed by atoms with Crippen molar-refractivity contribution in [1.82, 2.24) is 4.90 Å². The second-order valence-electron chi connectivity index (χ2n) is 15.9. The summed E-state index contributed by atoms with van der Waals surface area (Å²) in [6.45, 7) is 2.50. The Morgan fingerprint density at radius 3 is 1.56 bits per heavy atom. The molecule has 0 spiro atoms. The van der Waals surface area contributed by atoms with Gasteiger partial charge in [-0.2, -0.15) is 0 Å². The zero-order chi connectivity index (χ0) is 30.1. The largest absolute Gasteiger partial charge is 0.330 e. The highest BCUT2D eigenvalue weighted by atomic mass is 16.1. The molecule has 2 unspecified atom stereocenters. The Bertz CT molecular complexity index is 696. The first-order chi connectivity index (χ1) is 21.2. The maximum Gasteiger partial charge on any atom is 0.134 e. The van der Waals surface area contributed by atoms with Crippen LogP contribution in [0.4, 0.5) is 0 Å². The number of carbonyl (C=O) groups is 1. The van der Waals surface area contributed by atoms with E-state index in [1.54, 1.807) is 0 Å². The lowest BCUT2D eigenvalue weighted by molar-refractivity contribution is -0.122. The molecule has 4 N–H and O–H groups in total. The molecule has 4 aliphatic rings. The van der Waals surface area contributed by atoms with Crippen LogP contribution in [0.15, 0.2) is 0 Å². The van der Waals surface area contributed by atoms with Gasteiger partial charge < -0.3 is 11.5 Å². The van der Waals surface area contributed by atoms with E-state index < -0.39 is 0 Å². The minimum atomic E-state index is 0.367. The van der Waals surface area contributed by atoms with E-state index in [1.807, 2.05) is 0 Å². The van der Waals surface area contributed by atoms with Gasteiger partial charge in [-0.1, -0.05) is 128 Å². The van der Waals surface area contributed by atoms with Crippen molar-refractivity contribution in [2.45, 2.75) is 192 Å². The number of nitrogens with zero attached hydrogens (tertiary/aromatic N) is 1. The van der Waals surface area contributed by atoms with Crippen molar-refractivity contribution in [3.8, 4) is 0 Å². The van der Waals surface area contributed by atoms with Gasteiger partial charge in [-0.3, -0.25) is 9.69 Å². The smallest absolute Gasteiger partial charge is 0.134 e. The van der Waals surface area contributed by atoms with Crippen LogP contribution >= 0.6 is 0 Å². The number of ketones is 1. The molecule has 2 atom stereocenters. The number of nitrogens with two attached hydrogens (primary N) is 2. The average molecular weight is 600 g/mol. The van der Waals surface area contributed by atoms with Gasteiger partial charge in [-0.05, 0) is 74.7 Å².